The van der Waals surface area contributed by atoms with Crippen LogP contribution in [0.2, 0.25) is 0 Å². The molecule has 16 heavy (non-hydrogen) atoms. The number of rotatable bonds is 1. The molecular formula is C12H8N2O2. The summed E-state index contributed by atoms with van der Waals surface area (Å²) in [6.45, 7) is 0. The van der Waals surface area contributed by atoms with E-state index in [0.717, 1.165) is 5.39 Å². The molecule has 0 saturated carbocycles. The zero-order chi connectivity index (χ0) is 11.5. The molecule has 4 heteroatoms. The minimum absolute atomic E-state index is 0.233. The van der Waals surface area contributed by atoms with Crippen LogP contribution in [0.15, 0.2) is 30.5 Å². The SMILES string of the molecule is COC(=O)c1nccc2ccc(C#N)cc12. The van der Waals surface area contributed by atoms with Crippen molar-refractivity contribution in [3.63, 3.8) is 0 Å². The molecule has 0 unspecified atom stereocenters. The molecule has 0 radical (unpaired) electrons. The van der Waals surface area contributed by atoms with Crippen molar-refractivity contribution >= 4 is 16.7 Å². The highest BCUT2D eigenvalue weighted by Crippen LogP contribution is 2.18. The lowest BCUT2D eigenvalue weighted by molar-refractivity contribution is 0.0596. The number of pyridine rings is 1. The van der Waals surface area contributed by atoms with E-state index in [-0.39, 0.29) is 5.69 Å². The van der Waals surface area contributed by atoms with Crippen LogP contribution in [0.1, 0.15) is 16.1 Å². The first kappa shape index (κ1) is 10.1. The fraction of sp³-hybridized carbons (Fsp3) is 0.0833. The van der Waals surface area contributed by atoms with E-state index >= 15 is 0 Å². The molecule has 0 saturated heterocycles. The van der Waals surface area contributed by atoms with Crippen LogP contribution in [0.4, 0.5) is 0 Å². The number of hydrogen-bond donors (Lipinski definition) is 0. The van der Waals surface area contributed by atoms with Gasteiger partial charge in [0.2, 0.25) is 0 Å². The van der Waals surface area contributed by atoms with Crippen LogP contribution < -0.4 is 0 Å². The molecule has 0 spiro atoms. The number of hydrogen-bond acceptors (Lipinski definition) is 4. The van der Waals surface area contributed by atoms with E-state index in [1.54, 1.807) is 30.5 Å². The number of carbonyl (C=O) groups is 1. The van der Waals surface area contributed by atoms with Crippen LogP contribution in [0.3, 0.4) is 0 Å². The molecule has 0 fully saturated rings. The number of fused-ring (bicyclic) bond motifs is 1. The van der Waals surface area contributed by atoms with Gasteiger partial charge in [-0.3, -0.25) is 0 Å². The number of aromatic nitrogens is 1. The lowest BCUT2D eigenvalue weighted by Gasteiger charge is -2.03. The molecule has 1 aromatic carbocycles. The summed E-state index contributed by atoms with van der Waals surface area (Å²) in [7, 11) is 1.30. The first-order valence-corrected chi connectivity index (χ1v) is 4.63. The van der Waals surface area contributed by atoms with Gasteiger partial charge in [-0.2, -0.15) is 5.26 Å². The van der Waals surface area contributed by atoms with Gasteiger partial charge >= 0.3 is 5.97 Å². The Hall–Kier alpha value is -2.41. The Morgan fingerprint density at radius 3 is 2.94 bits per heavy atom. The highest BCUT2D eigenvalue weighted by Gasteiger charge is 2.11. The monoisotopic (exact) mass is 212 g/mol. The van der Waals surface area contributed by atoms with Crippen molar-refractivity contribution in [2.75, 3.05) is 7.11 Å². The van der Waals surface area contributed by atoms with Gasteiger partial charge in [0.25, 0.3) is 0 Å². The van der Waals surface area contributed by atoms with Gasteiger partial charge in [-0.1, -0.05) is 6.07 Å². The van der Waals surface area contributed by atoms with Gasteiger partial charge in [0.1, 0.15) is 0 Å². The molecule has 0 aliphatic heterocycles. The normalized spacial score (nSPS) is 9.75. The number of nitrogens with zero attached hydrogens (tertiary/aromatic N) is 2. The molecule has 4 nitrogen and oxygen atoms in total. The molecule has 0 N–H and O–H groups in total. The first-order chi connectivity index (χ1) is 7.76. The van der Waals surface area contributed by atoms with E-state index < -0.39 is 5.97 Å². The number of methoxy groups -OCH3 is 1. The zero-order valence-electron chi connectivity index (χ0n) is 8.60. The molecule has 78 valence electrons. The van der Waals surface area contributed by atoms with Gasteiger partial charge in [-0.15, -0.1) is 0 Å². The van der Waals surface area contributed by atoms with E-state index in [1.807, 2.05) is 6.07 Å². The predicted octanol–water partition coefficient (Wildman–Crippen LogP) is 1.89. The Labute approximate surface area is 92.1 Å². The Kier molecular flexibility index (Phi) is 2.52. The third-order valence-corrected chi connectivity index (χ3v) is 2.27. The molecule has 0 atom stereocenters. The van der Waals surface area contributed by atoms with Crippen molar-refractivity contribution in [3.05, 3.63) is 41.7 Å². The fourth-order valence-electron chi connectivity index (χ4n) is 1.50. The number of esters is 1. The van der Waals surface area contributed by atoms with Crippen molar-refractivity contribution in [3.8, 4) is 6.07 Å². The van der Waals surface area contributed by atoms with Gasteiger partial charge in [-0.25, -0.2) is 9.78 Å². The molecule has 0 aliphatic carbocycles. The average Bonchev–Trinajstić information content (AvgIpc) is 2.36. The second-order valence-corrected chi connectivity index (χ2v) is 3.20. The Balaban J connectivity index is 2.75. The molecule has 1 aromatic heterocycles. The van der Waals surface area contributed by atoms with Crippen LogP contribution in [-0.4, -0.2) is 18.1 Å². The van der Waals surface area contributed by atoms with Crippen LogP contribution in [0, 0.1) is 11.3 Å². The summed E-state index contributed by atoms with van der Waals surface area (Å²) in [6.07, 6.45) is 1.54. The van der Waals surface area contributed by atoms with E-state index in [1.165, 1.54) is 7.11 Å². The molecule has 2 aromatic rings. The minimum atomic E-state index is -0.499. The number of ether oxygens (including phenoxy) is 1. The first-order valence-electron chi connectivity index (χ1n) is 4.63. The summed E-state index contributed by atoms with van der Waals surface area (Å²) in [5.74, 6) is -0.499. The molecule has 0 aliphatic rings. The maximum Gasteiger partial charge on any atom is 0.357 e. The van der Waals surface area contributed by atoms with Crippen molar-refractivity contribution < 1.29 is 9.53 Å². The fourth-order valence-corrected chi connectivity index (χ4v) is 1.50. The van der Waals surface area contributed by atoms with Crippen molar-refractivity contribution in [1.82, 2.24) is 4.98 Å². The van der Waals surface area contributed by atoms with E-state index in [2.05, 4.69) is 9.72 Å². The van der Waals surface area contributed by atoms with Gasteiger partial charge in [0.15, 0.2) is 5.69 Å². The number of nitriles is 1. The molecule has 0 bridgehead atoms. The van der Waals surface area contributed by atoms with Crippen molar-refractivity contribution in [1.29, 1.82) is 5.26 Å². The third kappa shape index (κ3) is 1.59. The minimum Gasteiger partial charge on any atom is -0.464 e. The summed E-state index contributed by atoms with van der Waals surface area (Å²) in [6, 6.07) is 8.92. The summed E-state index contributed by atoms with van der Waals surface area (Å²) in [4.78, 5) is 15.4. The van der Waals surface area contributed by atoms with Crippen LogP contribution in [0.25, 0.3) is 10.8 Å². The third-order valence-electron chi connectivity index (χ3n) is 2.27. The molecule has 0 amide bonds. The quantitative estimate of drug-likeness (QED) is 0.677. The van der Waals surface area contributed by atoms with Gasteiger partial charge in [-0.05, 0) is 23.6 Å². The van der Waals surface area contributed by atoms with Crippen LogP contribution >= 0.6 is 0 Å². The summed E-state index contributed by atoms with van der Waals surface area (Å²) < 4.78 is 4.63. The van der Waals surface area contributed by atoms with E-state index in [9.17, 15) is 4.79 Å². The number of carbonyl (C=O) groups excluding carboxylic acids is 1. The largest absolute Gasteiger partial charge is 0.464 e. The molecule has 2 rings (SSSR count). The highest BCUT2D eigenvalue weighted by molar-refractivity contribution is 6.02. The Morgan fingerprint density at radius 2 is 2.25 bits per heavy atom. The summed E-state index contributed by atoms with van der Waals surface area (Å²) in [5.41, 5.74) is 0.725. The van der Waals surface area contributed by atoms with Crippen LogP contribution in [-0.2, 0) is 4.74 Å². The predicted molar refractivity (Wildman–Crippen MR) is 57.8 cm³/mol. The average molecular weight is 212 g/mol. The Bertz CT molecular complexity index is 599. The second-order valence-electron chi connectivity index (χ2n) is 3.20. The molecular weight excluding hydrogens is 204 g/mol. The van der Waals surface area contributed by atoms with Gasteiger partial charge in [0, 0.05) is 11.6 Å². The van der Waals surface area contributed by atoms with Crippen LogP contribution in [0.5, 0.6) is 0 Å². The molecule has 1 heterocycles. The maximum atomic E-state index is 11.5. The second kappa shape index (κ2) is 3.99. The maximum absolute atomic E-state index is 11.5. The zero-order valence-corrected chi connectivity index (χ0v) is 8.60. The topological polar surface area (TPSA) is 63.0 Å². The lowest BCUT2D eigenvalue weighted by atomic mass is 10.1. The standard InChI is InChI=1S/C12H8N2O2/c1-16-12(15)11-10-6-8(7-13)2-3-9(10)4-5-14-11/h2-6H,1H3. The lowest BCUT2D eigenvalue weighted by Crippen LogP contribution is -2.04. The summed E-state index contributed by atoms with van der Waals surface area (Å²) in [5, 5.41) is 10.3. The number of benzene rings is 1. The Morgan fingerprint density at radius 1 is 1.44 bits per heavy atom. The highest BCUT2D eigenvalue weighted by atomic mass is 16.5. The van der Waals surface area contributed by atoms with Gasteiger partial charge in [0.05, 0.1) is 18.7 Å². The summed E-state index contributed by atoms with van der Waals surface area (Å²) >= 11 is 0. The van der Waals surface area contributed by atoms with E-state index in [0.29, 0.717) is 10.9 Å². The van der Waals surface area contributed by atoms with Crippen molar-refractivity contribution in [2.24, 2.45) is 0 Å². The van der Waals surface area contributed by atoms with Crippen molar-refractivity contribution in [2.45, 2.75) is 0 Å². The van der Waals surface area contributed by atoms with E-state index in [4.69, 9.17) is 5.26 Å². The van der Waals surface area contributed by atoms with Gasteiger partial charge < -0.3 is 4.74 Å². The smallest absolute Gasteiger partial charge is 0.357 e.